The lowest BCUT2D eigenvalue weighted by Crippen LogP contribution is -2.38. The van der Waals surface area contributed by atoms with Crippen molar-refractivity contribution in [3.05, 3.63) is 29.3 Å². The first-order chi connectivity index (χ1) is 8.47. The molecule has 3 nitrogen and oxygen atoms in total. The van der Waals surface area contributed by atoms with E-state index in [1.54, 1.807) is 6.07 Å². The number of hydrogen-bond donors (Lipinski definition) is 1. The number of nitrogen functional groups attached to an aromatic ring is 1. The molecule has 98 valence electrons. The van der Waals surface area contributed by atoms with E-state index in [4.69, 9.17) is 5.73 Å². The average molecular weight is 246 g/mol. The second kappa shape index (κ2) is 5.01. The molecule has 0 bridgehead atoms. The molecule has 1 saturated carbocycles. The standard InChI is InChI=1S/C15H22N2O/c1-10(2)17(9-12-4-5-12)15(18)13-6-11(3)7-14(16)8-13/h6-8,10,12H,4-5,9,16H2,1-3H3. The van der Waals surface area contributed by atoms with Crippen LogP contribution in [0.3, 0.4) is 0 Å². The number of rotatable bonds is 4. The summed E-state index contributed by atoms with van der Waals surface area (Å²) in [5.41, 5.74) is 8.22. The summed E-state index contributed by atoms with van der Waals surface area (Å²) in [6.45, 7) is 6.98. The van der Waals surface area contributed by atoms with Crippen LogP contribution in [0.2, 0.25) is 0 Å². The second-order valence-electron chi connectivity index (χ2n) is 5.63. The normalized spacial score (nSPS) is 14.9. The molecular weight excluding hydrogens is 224 g/mol. The van der Waals surface area contributed by atoms with E-state index in [-0.39, 0.29) is 11.9 Å². The predicted molar refractivity (Wildman–Crippen MR) is 74.5 cm³/mol. The van der Waals surface area contributed by atoms with E-state index in [9.17, 15) is 4.79 Å². The summed E-state index contributed by atoms with van der Waals surface area (Å²) >= 11 is 0. The van der Waals surface area contributed by atoms with E-state index in [2.05, 4.69) is 13.8 Å². The molecule has 1 aromatic rings. The number of benzene rings is 1. The Kier molecular flexibility index (Phi) is 3.60. The van der Waals surface area contributed by atoms with Gasteiger partial charge < -0.3 is 10.6 Å². The Hall–Kier alpha value is -1.51. The maximum Gasteiger partial charge on any atom is 0.254 e. The Morgan fingerprint density at radius 3 is 2.56 bits per heavy atom. The molecular formula is C15H22N2O. The van der Waals surface area contributed by atoms with Gasteiger partial charge in [-0.25, -0.2) is 0 Å². The summed E-state index contributed by atoms with van der Waals surface area (Å²) in [5, 5.41) is 0. The number of nitrogens with zero attached hydrogens (tertiary/aromatic N) is 1. The SMILES string of the molecule is Cc1cc(N)cc(C(=O)N(CC2CC2)C(C)C)c1. The largest absolute Gasteiger partial charge is 0.399 e. The third-order valence-corrected chi connectivity index (χ3v) is 3.38. The van der Waals surface area contributed by atoms with Crippen LogP contribution in [0.5, 0.6) is 0 Å². The van der Waals surface area contributed by atoms with Gasteiger partial charge in [0.25, 0.3) is 5.91 Å². The summed E-state index contributed by atoms with van der Waals surface area (Å²) in [4.78, 5) is 14.5. The highest BCUT2D eigenvalue weighted by molar-refractivity contribution is 5.95. The van der Waals surface area contributed by atoms with E-state index in [1.165, 1.54) is 12.8 Å². The van der Waals surface area contributed by atoms with Crippen molar-refractivity contribution < 1.29 is 4.79 Å². The van der Waals surface area contributed by atoms with Crippen molar-refractivity contribution in [3.63, 3.8) is 0 Å². The first-order valence-corrected chi connectivity index (χ1v) is 6.65. The number of hydrogen-bond acceptors (Lipinski definition) is 2. The van der Waals surface area contributed by atoms with Crippen LogP contribution in [0, 0.1) is 12.8 Å². The topological polar surface area (TPSA) is 46.3 Å². The van der Waals surface area contributed by atoms with Crippen molar-refractivity contribution in [2.75, 3.05) is 12.3 Å². The summed E-state index contributed by atoms with van der Waals surface area (Å²) in [5.74, 6) is 0.811. The fourth-order valence-electron chi connectivity index (χ4n) is 2.21. The Morgan fingerprint density at radius 1 is 1.39 bits per heavy atom. The molecule has 0 unspecified atom stereocenters. The van der Waals surface area contributed by atoms with Gasteiger partial charge >= 0.3 is 0 Å². The summed E-state index contributed by atoms with van der Waals surface area (Å²) < 4.78 is 0. The monoisotopic (exact) mass is 246 g/mol. The molecule has 0 aromatic heterocycles. The minimum atomic E-state index is 0.104. The average Bonchev–Trinajstić information content (AvgIpc) is 3.07. The van der Waals surface area contributed by atoms with Gasteiger partial charge in [-0.3, -0.25) is 4.79 Å². The van der Waals surface area contributed by atoms with Crippen molar-refractivity contribution >= 4 is 11.6 Å². The Morgan fingerprint density at radius 2 is 2.06 bits per heavy atom. The van der Waals surface area contributed by atoms with Crippen LogP contribution >= 0.6 is 0 Å². The molecule has 0 spiro atoms. The van der Waals surface area contributed by atoms with Crippen LogP contribution in [0.25, 0.3) is 0 Å². The number of carbonyl (C=O) groups is 1. The van der Waals surface area contributed by atoms with Crippen molar-refractivity contribution in [1.82, 2.24) is 4.90 Å². The highest BCUT2D eigenvalue weighted by Crippen LogP contribution is 2.31. The predicted octanol–water partition coefficient (Wildman–Crippen LogP) is 2.84. The zero-order valence-electron chi connectivity index (χ0n) is 11.4. The molecule has 0 atom stereocenters. The second-order valence-corrected chi connectivity index (χ2v) is 5.63. The fraction of sp³-hybridized carbons (Fsp3) is 0.533. The zero-order chi connectivity index (χ0) is 13.3. The quantitative estimate of drug-likeness (QED) is 0.830. The number of aryl methyl sites for hydroxylation is 1. The maximum atomic E-state index is 12.5. The molecule has 2 rings (SSSR count). The first-order valence-electron chi connectivity index (χ1n) is 6.65. The third-order valence-electron chi connectivity index (χ3n) is 3.38. The van der Waals surface area contributed by atoms with Gasteiger partial charge in [-0.05, 0) is 63.3 Å². The molecule has 0 aliphatic heterocycles. The van der Waals surface area contributed by atoms with Gasteiger partial charge in [0.05, 0.1) is 0 Å². The van der Waals surface area contributed by atoms with E-state index < -0.39 is 0 Å². The fourth-order valence-corrected chi connectivity index (χ4v) is 2.21. The molecule has 0 heterocycles. The summed E-state index contributed by atoms with van der Waals surface area (Å²) in [6, 6.07) is 5.82. The molecule has 2 N–H and O–H groups in total. The van der Waals surface area contributed by atoms with Crippen molar-refractivity contribution in [2.24, 2.45) is 5.92 Å². The van der Waals surface area contributed by atoms with E-state index >= 15 is 0 Å². The zero-order valence-corrected chi connectivity index (χ0v) is 11.4. The van der Waals surface area contributed by atoms with Crippen LogP contribution in [0.15, 0.2) is 18.2 Å². The Labute approximate surface area is 109 Å². The minimum absolute atomic E-state index is 0.104. The van der Waals surface area contributed by atoms with Crippen LogP contribution in [-0.2, 0) is 0 Å². The third kappa shape index (κ3) is 3.03. The molecule has 1 fully saturated rings. The van der Waals surface area contributed by atoms with Crippen LogP contribution in [0.1, 0.15) is 42.6 Å². The minimum Gasteiger partial charge on any atom is -0.399 e. The summed E-state index contributed by atoms with van der Waals surface area (Å²) in [6.07, 6.45) is 2.51. The number of anilines is 1. The lowest BCUT2D eigenvalue weighted by molar-refractivity contribution is 0.0696. The van der Waals surface area contributed by atoms with Gasteiger partial charge in [-0.2, -0.15) is 0 Å². The molecule has 0 saturated heterocycles. The molecule has 1 aliphatic rings. The van der Waals surface area contributed by atoms with E-state index in [0.717, 1.165) is 12.1 Å². The molecule has 18 heavy (non-hydrogen) atoms. The Bertz CT molecular complexity index is 430. The molecule has 1 aromatic carbocycles. The van der Waals surface area contributed by atoms with Crippen LogP contribution in [-0.4, -0.2) is 23.4 Å². The van der Waals surface area contributed by atoms with Gasteiger partial charge in [-0.15, -0.1) is 0 Å². The van der Waals surface area contributed by atoms with Crippen LogP contribution in [0.4, 0.5) is 5.69 Å². The summed E-state index contributed by atoms with van der Waals surface area (Å²) in [7, 11) is 0. The highest BCUT2D eigenvalue weighted by atomic mass is 16.2. The van der Waals surface area contributed by atoms with E-state index in [0.29, 0.717) is 17.2 Å². The number of amides is 1. The molecule has 3 heteroatoms. The Balaban J connectivity index is 2.20. The highest BCUT2D eigenvalue weighted by Gasteiger charge is 2.28. The number of nitrogens with two attached hydrogens (primary N) is 1. The van der Waals surface area contributed by atoms with Gasteiger partial charge in [0.15, 0.2) is 0 Å². The van der Waals surface area contributed by atoms with Gasteiger partial charge in [0.1, 0.15) is 0 Å². The van der Waals surface area contributed by atoms with Crippen molar-refractivity contribution in [1.29, 1.82) is 0 Å². The van der Waals surface area contributed by atoms with Crippen LogP contribution < -0.4 is 5.73 Å². The smallest absolute Gasteiger partial charge is 0.254 e. The molecule has 1 aliphatic carbocycles. The maximum absolute atomic E-state index is 12.5. The van der Waals surface area contributed by atoms with Crippen molar-refractivity contribution in [3.8, 4) is 0 Å². The van der Waals surface area contributed by atoms with Gasteiger partial charge in [-0.1, -0.05) is 0 Å². The lowest BCUT2D eigenvalue weighted by Gasteiger charge is -2.27. The first kappa shape index (κ1) is 12.9. The lowest BCUT2D eigenvalue weighted by atomic mass is 10.1. The molecule has 1 amide bonds. The van der Waals surface area contributed by atoms with E-state index in [1.807, 2.05) is 24.0 Å². The number of carbonyl (C=O) groups excluding carboxylic acids is 1. The molecule has 0 radical (unpaired) electrons. The van der Waals surface area contributed by atoms with Crippen molar-refractivity contribution in [2.45, 2.75) is 39.7 Å². The van der Waals surface area contributed by atoms with Gasteiger partial charge in [0.2, 0.25) is 0 Å². The van der Waals surface area contributed by atoms with Gasteiger partial charge in [0, 0.05) is 23.8 Å².